The van der Waals surface area contributed by atoms with Crippen LogP contribution in [0.2, 0.25) is 0 Å². The van der Waals surface area contributed by atoms with Gasteiger partial charge in [-0.15, -0.1) is 0 Å². The average Bonchev–Trinajstić information content (AvgIpc) is 2.16. The molecule has 70 valence electrons. The second kappa shape index (κ2) is 3.93. The Bertz CT molecular complexity index is 315. The van der Waals surface area contributed by atoms with Gasteiger partial charge in [0, 0.05) is 12.3 Å². The maximum Gasteiger partial charge on any atom is 0.280 e. The van der Waals surface area contributed by atoms with E-state index in [0.29, 0.717) is 6.29 Å². The van der Waals surface area contributed by atoms with E-state index in [1.54, 1.807) is 0 Å². The predicted molar refractivity (Wildman–Crippen MR) is 41.1 cm³/mol. The number of hydrogen-bond acceptors (Lipinski definition) is 3. The summed E-state index contributed by atoms with van der Waals surface area (Å²) in [6.45, 7) is 0. The van der Waals surface area contributed by atoms with Crippen molar-refractivity contribution in [2.75, 3.05) is 7.11 Å². The first-order valence-corrected chi connectivity index (χ1v) is 3.46. The van der Waals surface area contributed by atoms with Gasteiger partial charge in [0.25, 0.3) is 6.43 Å². The minimum atomic E-state index is -2.66. The van der Waals surface area contributed by atoms with E-state index in [4.69, 9.17) is 4.74 Å². The first-order valence-electron chi connectivity index (χ1n) is 3.46. The molecule has 0 amide bonds. The summed E-state index contributed by atoms with van der Waals surface area (Å²) in [6, 6.07) is 1.05. The third-order valence-corrected chi connectivity index (χ3v) is 1.49. The number of carbonyl (C=O) groups excluding carboxylic acids is 1. The number of ether oxygens (including phenoxy) is 1. The highest BCUT2D eigenvalue weighted by Crippen LogP contribution is 2.22. The summed E-state index contributed by atoms with van der Waals surface area (Å²) in [4.78, 5) is 13.8. The fraction of sp³-hybridized carbons (Fsp3) is 0.250. The molecular weight excluding hydrogens is 180 g/mol. The lowest BCUT2D eigenvalue weighted by Gasteiger charge is -2.04. The Balaban J connectivity index is 3.12. The minimum Gasteiger partial charge on any atom is -0.496 e. The van der Waals surface area contributed by atoms with Crippen molar-refractivity contribution in [1.29, 1.82) is 0 Å². The topological polar surface area (TPSA) is 39.2 Å². The normalized spacial score (nSPS) is 10.2. The molecular formula is C8H7F2NO2. The average molecular weight is 187 g/mol. The van der Waals surface area contributed by atoms with Crippen LogP contribution in [-0.4, -0.2) is 18.4 Å². The highest BCUT2D eigenvalue weighted by molar-refractivity contribution is 5.78. The molecule has 0 saturated heterocycles. The third-order valence-electron chi connectivity index (χ3n) is 1.49. The number of carbonyl (C=O) groups is 1. The molecule has 0 aromatic carbocycles. The molecule has 0 radical (unpaired) electrons. The lowest BCUT2D eigenvalue weighted by Crippen LogP contribution is -1.96. The number of rotatable bonds is 3. The zero-order valence-electron chi connectivity index (χ0n) is 6.83. The minimum absolute atomic E-state index is 0.111. The van der Waals surface area contributed by atoms with Crippen molar-refractivity contribution in [2.45, 2.75) is 6.43 Å². The van der Waals surface area contributed by atoms with Gasteiger partial charge >= 0.3 is 0 Å². The maximum atomic E-state index is 12.1. The lowest BCUT2D eigenvalue weighted by molar-refractivity contribution is 0.111. The molecule has 0 aliphatic rings. The lowest BCUT2D eigenvalue weighted by atomic mass is 10.2. The van der Waals surface area contributed by atoms with E-state index in [0.717, 1.165) is 12.3 Å². The quantitative estimate of drug-likeness (QED) is 0.677. The first-order chi connectivity index (χ1) is 6.19. The molecule has 1 aromatic heterocycles. The van der Waals surface area contributed by atoms with Gasteiger partial charge in [0.05, 0.1) is 12.7 Å². The van der Waals surface area contributed by atoms with Gasteiger partial charge in [-0.2, -0.15) is 0 Å². The Morgan fingerprint density at radius 1 is 1.62 bits per heavy atom. The van der Waals surface area contributed by atoms with Crippen molar-refractivity contribution < 1.29 is 18.3 Å². The zero-order valence-corrected chi connectivity index (χ0v) is 6.83. The van der Waals surface area contributed by atoms with E-state index < -0.39 is 12.1 Å². The van der Waals surface area contributed by atoms with Crippen LogP contribution in [0.3, 0.4) is 0 Å². The van der Waals surface area contributed by atoms with Crippen LogP contribution in [0.25, 0.3) is 0 Å². The van der Waals surface area contributed by atoms with Crippen molar-refractivity contribution in [1.82, 2.24) is 4.98 Å². The highest BCUT2D eigenvalue weighted by Gasteiger charge is 2.12. The van der Waals surface area contributed by atoms with Crippen LogP contribution in [0, 0.1) is 0 Å². The molecule has 0 bridgehead atoms. The van der Waals surface area contributed by atoms with Crippen molar-refractivity contribution >= 4 is 6.29 Å². The first kappa shape index (κ1) is 9.57. The van der Waals surface area contributed by atoms with Gasteiger partial charge in [0.2, 0.25) is 0 Å². The molecule has 0 aliphatic carbocycles. The Morgan fingerprint density at radius 2 is 2.31 bits per heavy atom. The summed E-state index contributed by atoms with van der Waals surface area (Å²) in [5.74, 6) is 0.111. The van der Waals surface area contributed by atoms with Gasteiger partial charge in [-0.25, -0.2) is 8.78 Å². The smallest absolute Gasteiger partial charge is 0.280 e. The van der Waals surface area contributed by atoms with E-state index in [2.05, 4.69) is 4.98 Å². The van der Waals surface area contributed by atoms with E-state index >= 15 is 0 Å². The number of nitrogens with zero attached hydrogens (tertiary/aromatic N) is 1. The Morgan fingerprint density at radius 3 is 2.77 bits per heavy atom. The van der Waals surface area contributed by atoms with Gasteiger partial charge in [-0.05, 0) is 0 Å². The van der Waals surface area contributed by atoms with E-state index in [1.807, 2.05) is 0 Å². The molecule has 0 unspecified atom stereocenters. The molecule has 0 aliphatic heterocycles. The zero-order chi connectivity index (χ0) is 9.84. The van der Waals surface area contributed by atoms with Crippen LogP contribution < -0.4 is 4.74 Å². The van der Waals surface area contributed by atoms with Gasteiger partial charge < -0.3 is 4.74 Å². The second-order valence-electron chi connectivity index (χ2n) is 2.27. The standard InChI is InChI=1S/C8H7F2NO2/c1-13-7-2-6(8(9)10)11-3-5(7)4-12/h2-4,8H,1H3. The number of methoxy groups -OCH3 is 1. The molecule has 1 aromatic rings. The number of aldehydes is 1. The van der Waals surface area contributed by atoms with E-state index in [-0.39, 0.29) is 11.3 Å². The second-order valence-corrected chi connectivity index (χ2v) is 2.27. The van der Waals surface area contributed by atoms with Crippen LogP contribution in [0.15, 0.2) is 12.3 Å². The summed E-state index contributed by atoms with van der Waals surface area (Å²) in [7, 11) is 1.30. The fourth-order valence-corrected chi connectivity index (χ4v) is 0.847. The molecule has 0 spiro atoms. The summed E-state index contributed by atoms with van der Waals surface area (Å²) in [5, 5.41) is 0. The van der Waals surface area contributed by atoms with Crippen LogP contribution in [0.1, 0.15) is 22.5 Å². The number of alkyl halides is 2. The van der Waals surface area contributed by atoms with Crippen LogP contribution in [0.5, 0.6) is 5.75 Å². The molecule has 0 fully saturated rings. The molecule has 3 nitrogen and oxygen atoms in total. The molecule has 0 N–H and O–H groups in total. The summed E-state index contributed by atoms with van der Waals surface area (Å²) in [5.41, 5.74) is -0.241. The molecule has 5 heteroatoms. The number of pyridine rings is 1. The van der Waals surface area contributed by atoms with Crippen molar-refractivity contribution in [2.24, 2.45) is 0 Å². The van der Waals surface area contributed by atoms with Gasteiger partial charge in [0.1, 0.15) is 11.4 Å². The summed E-state index contributed by atoms with van der Waals surface area (Å²) in [6.07, 6.45) is -1.09. The predicted octanol–water partition coefficient (Wildman–Crippen LogP) is 1.84. The number of aromatic nitrogens is 1. The largest absolute Gasteiger partial charge is 0.496 e. The molecule has 0 saturated carbocycles. The van der Waals surface area contributed by atoms with Crippen molar-refractivity contribution in [3.05, 3.63) is 23.5 Å². The monoisotopic (exact) mass is 187 g/mol. The highest BCUT2D eigenvalue weighted by atomic mass is 19.3. The molecule has 13 heavy (non-hydrogen) atoms. The molecule has 0 atom stereocenters. The Kier molecular flexibility index (Phi) is 2.89. The van der Waals surface area contributed by atoms with E-state index in [1.165, 1.54) is 7.11 Å². The summed E-state index contributed by atoms with van der Waals surface area (Å²) >= 11 is 0. The molecule has 1 heterocycles. The van der Waals surface area contributed by atoms with E-state index in [9.17, 15) is 13.6 Å². The Labute approximate surface area is 73.4 Å². The SMILES string of the molecule is COc1cc(C(F)F)ncc1C=O. The van der Waals surface area contributed by atoms with Crippen LogP contribution >= 0.6 is 0 Å². The maximum absolute atomic E-state index is 12.1. The molecule has 1 rings (SSSR count). The fourth-order valence-electron chi connectivity index (χ4n) is 0.847. The number of halogens is 2. The van der Waals surface area contributed by atoms with Gasteiger partial charge in [-0.3, -0.25) is 9.78 Å². The van der Waals surface area contributed by atoms with Crippen molar-refractivity contribution in [3.63, 3.8) is 0 Å². The third kappa shape index (κ3) is 1.99. The number of hydrogen-bond donors (Lipinski definition) is 0. The summed E-state index contributed by atoms with van der Waals surface area (Å²) < 4.78 is 28.9. The Hall–Kier alpha value is -1.52. The van der Waals surface area contributed by atoms with Crippen molar-refractivity contribution in [3.8, 4) is 5.75 Å². The van der Waals surface area contributed by atoms with Gasteiger partial charge in [0.15, 0.2) is 6.29 Å². The van der Waals surface area contributed by atoms with Gasteiger partial charge in [-0.1, -0.05) is 0 Å². The van der Waals surface area contributed by atoms with Crippen LogP contribution in [-0.2, 0) is 0 Å². The van der Waals surface area contributed by atoms with Crippen LogP contribution in [0.4, 0.5) is 8.78 Å².